The zero-order valence-corrected chi connectivity index (χ0v) is 15.4. The highest BCUT2D eigenvalue weighted by molar-refractivity contribution is 5.85. The Balaban J connectivity index is 0.00000242. The van der Waals surface area contributed by atoms with E-state index in [1.165, 1.54) is 19.3 Å². The van der Waals surface area contributed by atoms with Crippen LogP contribution in [0, 0.1) is 11.3 Å². The largest absolute Gasteiger partial charge is 0.352 e. The molecule has 1 amide bonds. The van der Waals surface area contributed by atoms with Crippen molar-refractivity contribution in [2.24, 2.45) is 17.1 Å². The van der Waals surface area contributed by atoms with Gasteiger partial charge in [-0.15, -0.1) is 12.4 Å². The van der Waals surface area contributed by atoms with Crippen LogP contribution in [-0.2, 0) is 4.79 Å². The van der Waals surface area contributed by atoms with E-state index in [0.717, 1.165) is 25.9 Å². The molecule has 5 heteroatoms. The summed E-state index contributed by atoms with van der Waals surface area (Å²) in [6, 6.07) is 0.557. The van der Waals surface area contributed by atoms with Crippen LogP contribution in [0.2, 0.25) is 0 Å². The molecule has 2 fully saturated rings. The van der Waals surface area contributed by atoms with E-state index in [9.17, 15) is 4.79 Å². The number of nitrogens with two attached hydrogens (primary N) is 1. The summed E-state index contributed by atoms with van der Waals surface area (Å²) >= 11 is 0. The number of carbonyl (C=O) groups is 1. The fourth-order valence-corrected chi connectivity index (χ4v) is 3.75. The Hall–Kier alpha value is -0.320. The van der Waals surface area contributed by atoms with Crippen molar-refractivity contribution < 1.29 is 4.79 Å². The molecule has 3 N–H and O–H groups in total. The summed E-state index contributed by atoms with van der Waals surface area (Å²) in [7, 11) is 0. The molecule has 2 rings (SSSR count). The first-order valence-electron chi connectivity index (χ1n) is 8.61. The molecule has 4 unspecified atom stereocenters. The lowest BCUT2D eigenvalue weighted by molar-refractivity contribution is -0.128. The molecular weight excluding hydrogens is 298 g/mol. The molecule has 0 aromatic heterocycles. The number of nitrogens with zero attached hydrogens (tertiary/aromatic N) is 1. The van der Waals surface area contributed by atoms with Crippen LogP contribution in [0.1, 0.15) is 59.8 Å². The third-order valence-corrected chi connectivity index (χ3v) is 5.71. The van der Waals surface area contributed by atoms with Gasteiger partial charge in [-0.25, -0.2) is 0 Å². The van der Waals surface area contributed by atoms with Crippen molar-refractivity contribution in [3.8, 4) is 0 Å². The summed E-state index contributed by atoms with van der Waals surface area (Å²) in [4.78, 5) is 14.9. The van der Waals surface area contributed by atoms with Gasteiger partial charge in [-0.3, -0.25) is 9.69 Å². The van der Waals surface area contributed by atoms with Crippen LogP contribution in [0.25, 0.3) is 0 Å². The number of hydrogen-bond donors (Lipinski definition) is 2. The van der Waals surface area contributed by atoms with Crippen molar-refractivity contribution in [1.82, 2.24) is 10.2 Å². The van der Waals surface area contributed by atoms with E-state index in [2.05, 4.69) is 31.0 Å². The van der Waals surface area contributed by atoms with Gasteiger partial charge >= 0.3 is 0 Å². The number of piperidine rings is 1. The van der Waals surface area contributed by atoms with Gasteiger partial charge in [0, 0.05) is 25.2 Å². The molecule has 0 bridgehead atoms. The number of halogens is 1. The van der Waals surface area contributed by atoms with Crippen molar-refractivity contribution in [1.29, 1.82) is 0 Å². The first kappa shape index (κ1) is 19.7. The summed E-state index contributed by atoms with van der Waals surface area (Å²) < 4.78 is 0. The van der Waals surface area contributed by atoms with Crippen LogP contribution in [0.5, 0.6) is 0 Å². The number of likely N-dealkylation sites (tertiary alicyclic amines) is 1. The fraction of sp³-hybridized carbons (Fsp3) is 0.941. The standard InChI is InChI=1S/C17H33N3O.ClH/c1-12-7-5-6-8-14(12)19-16(21)13(2)20-10-9-15(18)17(3,4)11-20;/h12-15H,5-11,18H2,1-4H3,(H,19,21);1H. The smallest absolute Gasteiger partial charge is 0.237 e. The zero-order chi connectivity index (χ0) is 15.6. The first-order valence-corrected chi connectivity index (χ1v) is 8.61. The van der Waals surface area contributed by atoms with E-state index in [0.29, 0.717) is 12.0 Å². The average molecular weight is 332 g/mol. The maximum absolute atomic E-state index is 12.6. The second-order valence-corrected chi connectivity index (χ2v) is 7.91. The van der Waals surface area contributed by atoms with Gasteiger partial charge in [0.15, 0.2) is 0 Å². The Morgan fingerprint density at radius 2 is 1.91 bits per heavy atom. The van der Waals surface area contributed by atoms with Crippen LogP contribution in [0.4, 0.5) is 0 Å². The number of amides is 1. The molecular formula is C17H34ClN3O. The fourth-order valence-electron chi connectivity index (χ4n) is 3.75. The third-order valence-electron chi connectivity index (χ3n) is 5.71. The normalized spacial score (nSPS) is 33.6. The maximum atomic E-state index is 12.6. The van der Waals surface area contributed by atoms with Crippen LogP contribution in [0.3, 0.4) is 0 Å². The third kappa shape index (κ3) is 4.59. The molecule has 0 radical (unpaired) electrons. The van der Waals surface area contributed by atoms with Crippen molar-refractivity contribution in [2.75, 3.05) is 13.1 Å². The summed E-state index contributed by atoms with van der Waals surface area (Å²) in [6.07, 6.45) is 5.90. The minimum Gasteiger partial charge on any atom is -0.352 e. The van der Waals surface area contributed by atoms with Gasteiger partial charge in [-0.05, 0) is 37.5 Å². The highest BCUT2D eigenvalue weighted by atomic mass is 35.5. The molecule has 1 saturated heterocycles. The Labute approximate surface area is 142 Å². The lowest BCUT2D eigenvalue weighted by Gasteiger charge is -2.45. The van der Waals surface area contributed by atoms with Gasteiger partial charge in [-0.1, -0.05) is 33.6 Å². The number of rotatable bonds is 3. The summed E-state index contributed by atoms with van der Waals surface area (Å²) in [5.74, 6) is 0.807. The van der Waals surface area contributed by atoms with E-state index < -0.39 is 0 Å². The second-order valence-electron chi connectivity index (χ2n) is 7.91. The summed E-state index contributed by atoms with van der Waals surface area (Å²) in [5, 5.41) is 3.29. The summed E-state index contributed by atoms with van der Waals surface area (Å²) in [5.41, 5.74) is 6.28. The molecule has 0 spiro atoms. The van der Waals surface area contributed by atoms with E-state index in [1.54, 1.807) is 0 Å². The van der Waals surface area contributed by atoms with Crippen LogP contribution >= 0.6 is 12.4 Å². The van der Waals surface area contributed by atoms with Gasteiger partial charge in [0.25, 0.3) is 0 Å². The predicted molar refractivity (Wildman–Crippen MR) is 94.2 cm³/mol. The monoisotopic (exact) mass is 331 g/mol. The van der Waals surface area contributed by atoms with Crippen molar-refractivity contribution >= 4 is 18.3 Å². The number of carbonyl (C=O) groups excluding carboxylic acids is 1. The van der Waals surface area contributed by atoms with Crippen molar-refractivity contribution in [3.63, 3.8) is 0 Å². The van der Waals surface area contributed by atoms with E-state index in [-0.39, 0.29) is 35.8 Å². The van der Waals surface area contributed by atoms with Crippen molar-refractivity contribution in [3.05, 3.63) is 0 Å². The van der Waals surface area contributed by atoms with Gasteiger partial charge in [0.05, 0.1) is 6.04 Å². The van der Waals surface area contributed by atoms with Gasteiger partial charge in [0.2, 0.25) is 5.91 Å². The van der Waals surface area contributed by atoms with Crippen molar-refractivity contribution in [2.45, 2.75) is 77.9 Å². The highest BCUT2D eigenvalue weighted by Gasteiger charge is 2.37. The topological polar surface area (TPSA) is 58.4 Å². The molecule has 1 aliphatic heterocycles. The number of hydrogen-bond acceptors (Lipinski definition) is 3. The van der Waals surface area contributed by atoms with Crippen LogP contribution in [0.15, 0.2) is 0 Å². The molecule has 0 aromatic carbocycles. The Morgan fingerprint density at radius 3 is 2.50 bits per heavy atom. The molecule has 1 aliphatic carbocycles. The number of nitrogens with one attached hydrogen (secondary N) is 1. The second kappa shape index (κ2) is 7.98. The lowest BCUT2D eigenvalue weighted by Crippen LogP contribution is -2.58. The Morgan fingerprint density at radius 1 is 1.27 bits per heavy atom. The molecule has 130 valence electrons. The zero-order valence-electron chi connectivity index (χ0n) is 14.6. The lowest BCUT2D eigenvalue weighted by atomic mass is 9.79. The van der Waals surface area contributed by atoms with E-state index in [1.807, 2.05) is 6.92 Å². The molecule has 4 nitrogen and oxygen atoms in total. The summed E-state index contributed by atoms with van der Waals surface area (Å²) in [6.45, 7) is 10.5. The highest BCUT2D eigenvalue weighted by Crippen LogP contribution is 2.29. The van der Waals surface area contributed by atoms with E-state index in [4.69, 9.17) is 5.73 Å². The van der Waals surface area contributed by atoms with Gasteiger partial charge in [0.1, 0.15) is 0 Å². The van der Waals surface area contributed by atoms with Gasteiger partial charge < -0.3 is 11.1 Å². The average Bonchev–Trinajstić information content (AvgIpc) is 2.43. The minimum atomic E-state index is -0.0501. The Kier molecular flexibility index (Phi) is 7.16. The van der Waals surface area contributed by atoms with Gasteiger partial charge in [-0.2, -0.15) is 0 Å². The molecule has 1 saturated carbocycles. The molecule has 0 aromatic rings. The Bertz CT molecular complexity index is 375. The molecule has 4 atom stereocenters. The SMILES string of the molecule is CC1CCCCC1NC(=O)C(C)N1CCC(N)C(C)(C)C1.Cl. The maximum Gasteiger partial charge on any atom is 0.237 e. The molecule has 1 heterocycles. The van der Waals surface area contributed by atoms with Crippen LogP contribution in [-0.4, -0.2) is 42.0 Å². The molecule has 22 heavy (non-hydrogen) atoms. The predicted octanol–water partition coefficient (Wildman–Crippen LogP) is 2.55. The first-order chi connectivity index (χ1) is 9.81. The molecule has 2 aliphatic rings. The quantitative estimate of drug-likeness (QED) is 0.835. The van der Waals surface area contributed by atoms with Crippen LogP contribution < -0.4 is 11.1 Å². The minimum absolute atomic E-state index is 0. The van der Waals surface area contributed by atoms with E-state index >= 15 is 0 Å².